The van der Waals surface area contributed by atoms with Gasteiger partial charge in [0.25, 0.3) is 5.84 Å². The van der Waals surface area contributed by atoms with Gasteiger partial charge in [0.05, 0.1) is 28.3 Å². The molecule has 0 fully saturated rings. The van der Waals surface area contributed by atoms with Crippen molar-refractivity contribution in [2.75, 3.05) is 41.9 Å². The molecule has 1 aliphatic heterocycles. The fraction of sp³-hybridized carbons (Fsp3) is 0.692. The standard InChI is InChI=1S/C8H15N4O.C2H6O.C2H6.CH3.Ni/c1-9-6-7(10-2)12(4)8(13-5)11(6)3;1-2-3;1-2;;/h1-5H3;3H,2H2,1H3;1-2H3;1H3;/q+1;;;-1;. The smallest absolute Gasteiger partial charge is 0.400 e. The third kappa shape index (κ3) is 7.01. The summed E-state index contributed by atoms with van der Waals surface area (Å²) in [7, 11) is 8.91. The van der Waals surface area contributed by atoms with Crippen LogP contribution >= 0.6 is 0 Å². The molecular formula is C13H30N4NiO2. The van der Waals surface area contributed by atoms with Gasteiger partial charge in [-0.25, -0.2) is 4.90 Å². The first-order chi connectivity index (χ1) is 8.58. The SMILES string of the molecule is CC.CCO.CN=C1C(=NC)[N+](C)=C(OC)N1C.[CH3-].[Ni]. The molecule has 0 aromatic carbocycles. The molecule has 124 valence electrons. The fourth-order valence-electron chi connectivity index (χ4n) is 1.48. The number of amidine groups is 3. The average molecular weight is 333 g/mol. The van der Waals surface area contributed by atoms with Crippen molar-refractivity contribution in [3.05, 3.63) is 7.43 Å². The van der Waals surface area contributed by atoms with Crippen LogP contribution in [0.15, 0.2) is 9.98 Å². The predicted octanol–water partition coefficient (Wildman–Crippen LogP) is 1.11. The number of hydrogen-bond donors (Lipinski definition) is 1. The van der Waals surface area contributed by atoms with Gasteiger partial charge in [0.15, 0.2) is 0 Å². The van der Waals surface area contributed by atoms with E-state index < -0.39 is 0 Å². The summed E-state index contributed by atoms with van der Waals surface area (Å²) >= 11 is 0. The molecule has 0 unspecified atom stereocenters. The van der Waals surface area contributed by atoms with Crippen molar-refractivity contribution in [1.29, 1.82) is 0 Å². The summed E-state index contributed by atoms with van der Waals surface area (Å²) in [5, 5.41) is 7.57. The van der Waals surface area contributed by atoms with E-state index in [1.54, 1.807) is 28.1 Å². The average Bonchev–Trinajstić information content (AvgIpc) is 2.62. The molecule has 0 aromatic heterocycles. The molecule has 0 aromatic rings. The van der Waals surface area contributed by atoms with Gasteiger partial charge in [0.1, 0.15) is 0 Å². The number of aliphatic hydroxyl groups excluding tert-OH is 1. The zero-order valence-electron chi connectivity index (χ0n) is 14.2. The van der Waals surface area contributed by atoms with E-state index in [4.69, 9.17) is 9.84 Å². The Morgan fingerprint density at radius 1 is 1.25 bits per heavy atom. The maximum atomic E-state index is 7.57. The number of methoxy groups -OCH3 is 1. The summed E-state index contributed by atoms with van der Waals surface area (Å²) in [4.78, 5) is 10.1. The quantitative estimate of drug-likeness (QED) is 0.410. The second-order valence-corrected chi connectivity index (χ2v) is 3.02. The van der Waals surface area contributed by atoms with Gasteiger partial charge in [-0.1, -0.05) is 13.8 Å². The Bertz CT molecular complexity index is 328. The molecule has 0 radical (unpaired) electrons. The number of hydrogen-bond acceptors (Lipinski definition) is 4. The summed E-state index contributed by atoms with van der Waals surface area (Å²) in [5.41, 5.74) is 0. The Balaban J connectivity index is -0.000000162. The number of aliphatic hydroxyl groups is 1. The summed E-state index contributed by atoms with van der Waals surface area (Å²) in [6.45, 7) is 5.93. The van der Waals surface area contributed by atoms with Gasteiger partial charge in [0, 0.05) is 30.1 Å². The van der Waals surface area contributed by atoms with Crippen molar-refractivity contribution in [2.45, 2.75) is 20.8 Å². The maximum Gasteiger partial charge on any atom is 0.400 e. The minimum absolute atomic E-state index is 0. The van der Waals surface area contributed by atoms with E-state index in [-0.39, 0.29) is 30.5 Å². The third-order valence-corrected chi connectivity index (χ3v) is 2.02. The first-order valence-electron chi connectivity index (χ1n) is 6.02. The Morgan fingerprint density at radius 2 is 1.65 bits per heavy atom. The Morgan fingerprint density at radius 3 is 1.85 bits per heavy atom. The molecule has 6 nitrogen and oxygen atoms in total. The van der Waals surface area contributed by atoms with Crippen LogP contribution in [0.1, 0.15) is 20.8 Å². The largest absolute Gasteiger partial charge is 0.446 e. The van der Waals surface area contributed by atoms with Crippen LogP contribution in [-0.2, 0) is 21.2 Å². The van der Waals surface area contributed by atoms with Crippen LogP contribution in [0.25, 0.3) is 0 Å². The molecule has 0 bridgehead atoms. The molecular weight excluding hydrogens is 303 g/mol. The topological polar surface area (TPSA) is 60.4 Å². The molecule has 20 heavy (non-hydrogen) atoms. The second-order valence-electron chi connectivity index (χ2n) is 3.02. The van der Waals surface area contributed by atoms with Crippen molar-refractivity contribution in [1.82, 2.24) is 4.90 Å². The van der Waals surface area contributed by atoms with Crippen molar-refractivity contribution in [3.8, 4) is 0 Å². The number of aliphatic imine (C=N–C) groups is 2. The monoisotopic (exact) mass is 332 g/mol. The Hall–Kier alpha value is -0.936. The number of rotatable bonds is 0. The molecule has 1 N–H and O–H groups in total. The van der Waals surface area contributed by atoms with Gasteiger partial charge in [0.2, 0.25) is 0 Å². The van der Waals surface area contributed by atoms with E-state index in [1.165, 1.54) is 0 Å². The van der Waals surface area contributed by atoms with Gasteiger partial charge in [-0.3, -0.25) is 4.99 Å². The van der Waals surface area contributed by atoms with Gasteiger partial charge >= 0.3 is 11.9 Å². The van der Waals surface area contributed by atoms with Crippen LogP contribution < -0.4 is 0 Å². The van der Waals surface area contributed by atoms with E-state index in [0.717, 1.165) is 17.7 Å². The van der Waals surface area contributed by atoms with Crippen LogP contribution in [0.2, 0.25) is 0 Å². The van der Waals surface area contributed by atoms with Gasteiger partial charge < -0.3 is 17.3 Å². The van der Waals surface area contributed by atoms with Crippen molar-refractivity contribution >= 4 is 17.7 Å². The van der Waals surface area contributed by atoms with Crippen LogP contribution in [0.4, 0.5) is 0 Å². The van der Waals surface area contributed by atoms with Crippen LogP contribution in [0.3, 0.4) is 0 Å². The third-order valence-electron chi connectivity index (χ3n) is 2.02. The number of nitrogens with zero attached hydrogens (tertiary/aromatic N) is 4. The molecule has 0 spiro atoms. The number of likely N-dealkylation sites (N-methyl/N-ethyl adjacent to an activating group) is 2. The van der Waals surface area contributed by atoms with E-state index >= 15 is 0 Å². The van der Waals surface area contributed by atoms with Crippen LogP contribution in [-0.4, -0.2) is 74.2 Å². The molecule has 1 aliphatic rings. The summed E-state index contributed by atoms with van der Waals surface area (Å²) in [5.74, 6) is 1.64. The number of ether oxygens (including phenoxy) is 1. The van der Waals surface area contributed by atoms with Gasteiger partial charge in [-0.15, -0.1) is 4.99 Å². The van der Waals surface area contributed by atoms with Crippen molar-refractivity contribution < 1.29 is 30.9 Å². The normalized spacial score (nSPS) is 16.6. The zero-order valence-corrected chi connectivity index (χ0v) is 15.2. The molecule has 7 heteroatoms. The first kappa shape index (κ1) is 27.4. The Labute approximate surface area is 134 Å². The first-order valence-corrected chi connectivity index (χ1v) is 6.02. The molecule has 0 aliphatic carbocycles. The second kappa shape index (κ2) is 16.1. The minimum atomic E-state index is 0. The van der Waals surface area contributed by atoms with E-state index in [0.29, 0.717) is 0 Å². The van der Waals surface area contributed by atoms with Crippen LogP contribution in [0.5, 0.6) is 0 Å². The van der Waals surface area contributed by atoms with Crippen molar-refractivity contribution in [2.24, 2.45) is 9.98 Å². The molecule has 0 saturated carbocycles. The molecule has 0 saturated heterocycles. The fourth-order valence-corrected chi connectivity index (χ4v) is 1.48. The maximum absolute atomic E-state index is 7.57. The zero-order chi connectivity index (χ0) is 14.7. The summed E-state index contributed by atoms with van der Waals surface area (Å²) < 4.78 is 7.07. The Kier molecular flexibility index (Phi) is 22.1. The van der Waals surface area contributed by atoms with Crippen LogP contribution in [0, 0.1) is 7.43 Å². The van der Waals surface area contributed by atoms with Gasteiger partial charge in [-0.2, -0.15) is 4.58 Å². The van der Waals surface area contributed by atoms with E-state index in [1.807, 2.05) is 37.4 Å². The van der Waals surface area contributed by atoms with Crippen molar-refractivity contribution in [3.63, 3.8) is 0 Å². The molecule has 1 heterocycles. The van der Waals surface area contributed by atoms with E-state index in [9.17, 15) is 0 Å². The molecule has 1 rings (SSSR count). The predicted molar refractivity (Wildman–Crippen MR) is 83.2 cm³/mol. The summed E-state index contributed by atoms with van der Waals surface area (Å²) in [6, 6.07) is 0.737. The minimum Gasteiger partial charge on any atom is -0.446 e. The van der Waals surface area contributed by atoms with E-state index in [2.05, 4.69) is 9.98 Å². The molecule has 0 amide bonds. The molecule has 0 atom stereocenters. The van der Waals surface area contributed by atoms with Gasteiger partial charge in [-0.05, 0) is 6.92 Å². The summed E-state index contributed by atoms with van der Waals surface area (Å²) in [6.07, 6.45) is 0.